The van der Waals surface area contributed by atoms with Gasteiger partial charge in [-0.2, -0.15) is 5.26 Å². The Morgan fingerprint density at radius 3 is 2.90 bits per heavy atom. The Bertz CT molecular complexity index is 662. The van der Waals surface area contributed by atoms with Gasteiger partial charge in [-0.1, -0.05) is 6.07 Å². The molecular weight excluding hydrogens is 342 g/mol. The molecule has 1 aromatic carbocycles. The van der Waals surface area contributed by atoms with Gasteiger partial charge in [0.1, 0.15) is 4.88 Å². The van der Waals surface area contributed by atoms with Crippen LogP contribution in [0.5, 0.6) is 11.5 Å². The minimum Gasteiger partial charge on any atom is -0.490 e. The summed E-state index contributed by atoms with van der Waals surface area (Å²) in [5.74, 6) is 0.193. The summed E-state index contributed by atoms with van der Waals surface area (Å²) in [5, 5.41) is 10.7. The molecule has 0 bridgehead atoms. The van der Waals surface area contributed by atoms with Crippen LogP contribution in [-0.2, 0) is 0 Å². The van der Waals surface area contributed by atoms with E-state index < -0.39 is 5.97 Å². The lowest BCUT2D eigenvalue weighted by atomic mass is 10.2. The topological polar surface area (TPSA) is 59.3 Å². The average Bonchev–Trinajstić information content (AvgIpc) is 2.96. The van der Waals surface area contributed by atoms with Crippen molar-refractivity contribution >= 4 is 33.2 Å². The molecule has 1 aromatic heterocycles. The van der Waals surface area contributed by atoms with Crippen molar-refractivity contribution in [2.75, 3.05) is 6.61 Å². The third kappa shape index (κ3) is 3.18. The SMILES string of the molecule is CCOc1cc(C#N)cc(Br)c1OC(=O)c1cccs1. The summed E-state index contributed by atoms with van der Waals surface area (Å²) in [6.07, 6.45) is 0. The first-order valence-corrected chi connectivity index (χ1v) is 7.45. The number of benzene rings is 1. The fourth-order valence-electron chi connectivity index (χ4n) is 1.53. The molecule has 102 valence electrons. The number of carbonyl (C=O) groups is 1. The molecule has 0 saturated carbocycles. The molecular formula is C14H10BrNO3S. The van der Waals surface area contributed by atoms with E-state index in [-0.39, 0.29) is 5.75 Å². The molecule has 0 aliphatic carbocycles. The molecule has 4 nitrogen and oxygen atoms in total. The summed E-state index contributed by atoms with van der Waals surface area (Å²) in [7, 11) is 0. The average molecular weight is 352 g/mol. The summed E-state index contributed by atoms with van der Waals surface area (Å²) in [4.78, 5) is 12.5. The second-order valence-electron chi connectivity index (χ2n) is 3.70. The molecule has 0 fully saturated rings. The second kappa shape index (κ2) is 6.55. The summed E-state index contributed by atoms with van der Waals surface area (Å²) in [6, 6.07) is 8.62. The number of nitriles is 1. The number of hydrogen-bond acceptors (Lipinski definition) is 5. The number of nitrogens with zero attached hydrogens (tertiary/aromatic N) is 1. The molecule has 0 radical (unpaired) electrons. The van der Waals surface area contributed by atoms with E-state index in [1.807, 2.05) is 13.0 Å². The standard InChI is InChI=1S/C14H10BrNO3S/c1-2-18-11-7-9(8-16)6-10(15)13(11)19-14(17)12-4-3-5-20-12/h3-7H,2H2,1H3. The number of thiophene rings is 1. The number of halogens is 1. The van der Waals surface area contributed by atoms with Crippen LogP contribution < -0.4 is 9.47 Å². The van der Waals surface area contributed by atoms with Crippen LogP contribution in [0.4, 0.5) is 0 Å². The van der Waals surface area contributed by atoms with E-state index in [0.717, 1.165) is 0 Å². The van der Waals surface area contributed by atoms with E-state index in [2.05, 4.69) is 15.9 Å². The highest BCUT2D eigenvalue weighted by Gasteiger charge is 2.17. The maximum Gasteiger partial charge on any atom is 0.353 e. The van der Waals surface area contributed by atoms with Gasteiger partial charge >= 0.3 is 5.97 Å². The molecule has 0 N–H and O–H groups in total. The number of ether oxygens (including phenoxy) is 2. The first-order valence-electron chi connectivity index (χ1n) is 5.77. The fourth-order valence-corrected chi connectivity index (χ4v) is 2.65. The van der Waals surface area contributed by atoms with Crippen molar-refractivity contribution in [2.24, 2.45) is 0 Å². The minimum atomic E-state index is -0.452. The second-order valence-corrected chi connectivity index (χ2v) is 5.50. The Labute approximate surface area is 128 Å². The molecule has 0 aliphatic rings. The van der Waals surface area contributed by atoms with Gasteiger partial charge in [-0.05, 0) is 40.4 Å². The highest BCUT2D eigenvalue weighted by atomic mass is 79.9. The Morgan fingerprint density at radius 1 is 1.50 bits per heavy atom. The lowest BCUT2D eigenvalue weighted by Crippen LogP contribution is -2.08. The molecule has 2 aromatic rings. The lowest BCUT2D eigenvalue weighted by Gasteiger charge is -2.12. The summed E-state index contributed by atoms with van der Waals surface area (Å²) < 4.78 is 11.3. The van der Waals surface area contributed by atoms with Crippen LogP contribution in [0.1, 0.15) is 22.2 Å². The van der Waals surface area contributed by atoms with Crippen molar-refractivity contribution in [3.05, 3.63) is 44.6 Å². The van der Waals surface area contributed by atoms with Gasteiger partial charge in [-0.3, -0.25) is 0 Å². The fraction of sp³-hybridized carbons (Fsp3) is 0.143. The van der Waals surface area contributed by atoms with Gasteiger partial charge in [-0.15, -0.1) is 11.3 Å². The number of esters is 1. The predicted molar refractivity (Wildman–Crippen MR) is 79.3 cm³/mol. The number of hydrogen-bond donors (Lipinski definition) is 0. The van der Waals surface area contributed by atoms with Gasteiger partial charge in [0.05, 0.1) is 22.7 Å². The van der Waals surface area contributed by atoms with Crippen LogP contribution in [0.15, 0.2) is 34.1 Å². The summed E-state index contributed by atoms with van der Waals surface area (Å²) in [6.45, 7) is 2.22. The predicted octanol–water partition coefficient (Wildman–Crippen LogP) is 4.00. The van der Waals surface area contributed by atoms with Crippen LogP contribution in [-0.4, -0.2) is 12.6 Å². The van der Waals surface area contributed by atoms with Crippen molar-refractivity contribution in [1.82, 2.24) is 0 Å². The van der Waals surface area contributed by atoms with E-state index in [9.17, 15) is 4.79 Å². The van der Waals surface area contributed by atoms with Crippen molar-refractivity contribution in [2.45, 2.75) is 6.92 Å². The highest BCUT2D eigenvalue weighted by molar-refractivity contribution is 9.10. The van der Waals surface area contributed by atoms with Crippen LogP contribution >= 0.6 is 27.3 Å². The zero-order valence-corrected chi connectivity index (χ0v) is 13.0. The van der Waals surface area contributed by atoms with E-state index in [4.69, 9.17) is 14.7 Å². The summed E-state index contributed by atoms with van der Waals surface area (Å²) >= 11 is 4.60. The maximum atomic E-state index is 12.0. The van der Waals surface area contributed by atoms with Gasteiger partial charge in [0.25, 0.3) is 0 Å². The van der Waals surface area contributed by atoms with Crippen LogP contribution in [0.3, 0.4) is 0 Å². The van der Waals surface area contributed by atoms with Crippen LogP contribution in [0, 0.1) is 11.3 Å². The molecule has 0 amide bonds. The van der Waals surface area contributed by atoms with E-state index in [1.165, 1.54) is 11.3 Å². The van der Waals surface area contributed by atoms with Crippen LogP contribution in [0.25, 0.3) is 0 Å². The maximum absolute atomic E-state index is 12.0. The highest BCUT2D eigenvalue weighted by Crippen LogP contribution is 2.37. The normalized spacial score (nSPS) is 9.85. The molecule has 0 atom stereocenters. The monoisotopic (exact) mass is 351 g/mol. The molecule has 20 heavy (non-hydrogen) atoms. The first-order chi connectivity index (χ1) is 9.65. The Kier molecular flexibility index (Phi) is 4.77. The quantitative estimate of drug-likeness (QED) is 0.616. The molecule has 0 saturated heterocycles. The Hall–Kier alpha value is -1.84. The minimum absolute atomic E-state index is 0.282. The van der Waals surface area contributed by atoms with Gasteiger partial charge < -0.3 is 9.47 Å². The van der Waals surface area contributed by atoms with Gasteiger partial charge in [0.15, 0.2) is 11.5 Å². The molecule has 6 heteroatoms. The molecule has 0 spiro atoms. The van der Waals surface area contributed by atoms with Gasteiger partial charge in [0.2, 0.25) is 0 Å². The van der Waals surface area contributed by atoms with Crippen molar-refractivity contribution < 1.29 is 14.3 Å². The Morgan fingerprint density at radius 2 is 2.30 bits per heavy atom. The van der Waals surface area contributed by atoms with Crippen molar-refractivity contribution in [1.29, 1.82) is 5.26 Å². The van der Waals surface area contributed by atoms with Gasteiger partial charge in [0, 0.05) is 6.07 Å². The van der Waals surface area contributed by atoms with E-state index in [0.29, 0.717) is 27.3 Å². The van der Waals surface area contributed by atoms with Crippen LogP contribution in [0.2, 0.25) is 0 Å². The smallest absolute Gasteiger partial charge is 0.353 e. The Balaban J connectivity index is 2.35. The zero-order valence-electron chi connectivity index (χ0n) is 10.6. The van der Waals surface area contributed by atoms with E-state index >= 15 is 0 Å². The number of rotatable bonds is 4. The zero-order chi connectivity index (χ0) is 14.5. The van der Waals surface area contributed by atoms with Crippen molar-refractivity contribution in [3.63, 3.8) is 0 Å². The molecule has 0 aliphatic heterocycles. The van der Waals surface area contributed by atoms with E-state index in [1.54, 1.807) is 29.6 Å². The third-order valence-corrected chi connectivity index (χ3v) is 3.79. The largest absolute Gasteiger partial charge is 0.490 e. The lowest BCUT2D eigenvalue weighted by molar-refractivity contribution is 0.0732. The molecule has 1 heterocycles. The first kappa shape index (κ1) is 14.6. The molecule has 2 rings (SSSR count). The van der Waals surface area contributed by atoms with Gasteiger partial charge in [-0.25, -0.2) is 4.79 Å². The third-order valence-electron chi connectivity index (χ3n) is 2.36. The summed E-state index contributed by atoms with van der Waals surface area (Å²) in [5.41, 5.74) is 0.427. The number of carbonyl (C=O) groups excluding carboxylic acids is 1. The molecule has 0 unspecified atom stereocenters. The van der Waals surface area contributed by atoms with Crippen molar-refractivity contribution in [3.8, 4) is 17.6 Å².